The van der Waals surface area contributed by atoms with E-state index in [1.54, 1.807) is 6.92 Å². The number of aryl methyl sites for hydroxylation is 2. The Morgan fingerprint density at radius 1 is 1.47 bits per heavy atom. The van der Waals surface area contributed by atoms with Gasteiger partial charge in [-0.05, 0) is 32.4 Å². The maximum Gasteiger partial charge on any atom is 0.234 e. The molecule has 106 valence electrons. The van der Waals surface area contributed by atoms with Gasteiger partial charge in [0, 0.05) is 6.54 Å². The first kappa shape index (κ1) is 15.5. The summed E-state index contributed by atoms with van der Waals surface area (Å²) in [5.74, 6) is 0.315. The zero-order valence-electron chi connectivity index (χ0n) is 11.6. The molecule has 4 N–H and O–H groups in total. The van der Waals surface area contributed by atoms with Crippen molar-refractivity contribution in [3.8, 4) is 5.75 Å². The second-order valence-corrected chi connectivity index (χ2v) is 4.77. The number of aliphatic hydroxyl groups excluding tert-OH is 1. The molecular weight excluding hydrogens is 244 g/mol. The summed E-state index contributed by atoms with van der Waals surface area (Å²) in [5, 5.41) is 12.6. The molecule has 5 heteroatoms. The minimum Gasteiger partial charge on any atom is -0.491 e. The number of benzene rings is 1. The fourth-order valence-corrected chi connectivity index (χ4v) is 1.62. The Balaban J connectivity index is 2.37. The van der Waals surface area contributed by atoms with Crippen LogP contribution in [0.25, 0.3) is 0 Å². The molecule has 1 rings (SSSR count). The van der Waals surface area contributed by atoms with E-state index in [4.69, 9.17) is 10.5 Å². The van der Waals surface area contributed by atoms with Gasteiger partial charge in [0.1, 0.15) is 18.5 Å². The van der Waals surface area contributed by atoms with E-state index in [1.807, 2.05) is 32.0 Å². The molecule has 0 aliphatic carbocycles. The number of carbonyl (C=O) groups is 1. The normalized spacial score (nSPS) is 13.9. The predicted molar refractivity (Wildman–Crippen MR) is 74.1 cm³/mol. The van der Waals surface area contributed by atoms with Gasteiger partial charge in [-0.2, -0.15) is 0 Å². The van der Waals surface area contributed by atoms with E-state index < -0.39 is 18.1 Å². The van der Waals surface area contributed by atoms with Crippen LogP contribution in [0.5, 0.6) is 5.75 Å². The summed E-state index contributed by atoms with van der Waals surface area (Å²) in [6.07, 6.45) is -0.692. The van der Waals surface area contributed by atoms with Gasteiger partial charge in [-0.15, -0.1) is 0 Å². The van der Waals surface area contributed by atoms with Gasteiger partial charge >= 0.3 is 0 Å². The molecule has 0 aliphatic rings. The molecule has 1 amide bonds. The molecule has 1 aromatic rings. The van der Waals surface area contributed by atoms with Crippen molar-refractivity contribution in [2.75, 3.05) is 13.2 Å². The fraction of sp³-hybridized carbons (Fsp3) is 0.500. The molecule has 0 radical (unpaired) electrons. The van der Waals surface area contributed by atoms with E-state index in [0.717, 1.165) is 11.3 Å². The number of aliphatic hydroxyl groups is 1. The third kappa shape index (κ3) is 5.28. The Kier molecular flexibility index (Phi) is 5.79. The second kappa shape index (κ2) is 7.11. The fourth-order valence-electron chi connectivity index (χ4n) is 1.62. The Labute approximate surface area is 113 Å². The number of nitrogens with two attached hydrogens (primary N) is 1. The van der Waals surface area contributed by atoms with Crippen LogP contribution in [0.3, 0.4) is 0 Å². The van der Waals surface area contributed by atoms with Crippen LogP contribution in [0.4, 0.5) is 0 Å². The molecule has 0 bridgehead atoms. The second-order valence-electron chi connectivity index (χ2n) is 4.77. The number of nitrogens with one attached hydrogen (secondary N) is 1. The van der Waals surface area contributed by atoms with Gasteiger partial charge in [-0.1, -0.05) is 17.7 Å². The van der Waals surface area contributed by atoms with Crippen LogP contribution < -0.4 is 15.8 Å². The quantitative estimate of drug-likeness (QED) is 0.671. The summed E-state index contributed by atoms with van der Waals surface area (Å²) in [6.45, 7) is 6.06. The molecule has 1 aromatic carbocycles. The summed E-state index contributed by atoms with van der Waals surface area (Å²) in [4.78, 5) is 10.8. The molecule has 2 atom stereocenters. The standard InChI is InChI=1S/C14H22N2O3/c1-9-4-5-13(10(2)6-9)19-8-12(17)7-16-11(3)14(15)18/h4-6,11-12,16-17H,7-8H2,1-3H3,(H2,15,18). The highest BCUT2D eigenvalue weighted by Crippen LogP contribution is 2.18. The maximum atomic E-state index is 10.8. The van der Waals surface area contributed by atoms with Gasteiger partial charge in [-0.25, -0.2) is 0 Å². The van der Waals surface area contributed by atoms with Crippen molar-refractivity contribution in [2.24, 2.45) is 5.73 Å². The number of ether oxygens (including phenoxy) is 1. The van der Waals surface area contributed by atoms with E-state index >= 15 is 0 Å². The Bertz CT molecular complexity index is 435. The number of rotatable bonds is 7. The zero-order valence-corrected chi connectivity index (χ0v) is 11.6. The molecule has 2 unspecified atom stereocenters. The van der Waals surface area contributed by atoms with Crippen LogP contribution in [-0.2, 0) is 4.79 Å². The lowest BCUT2D eigenvalue weighted by Gasteiger charge is -2.16. The summed E-state index contributed by atoms with van der Waals surface area (Å²) >= 11 is 0. The van der Waals surface area contributed by atoms with Crippen LogP contribution in [0.15, 0.2) is 18.2 Å². The minimum absolute atomic E-state index is 0.169. The van der Waals surface area contributed by atoms with E-state index in [-0.39, 0.29) is 13.2 Å². The SMILES string of the molecule is Cc1ccc(OCC(O)CNC(C)C(N)=O)c(C)c1. The zero-order chi connectivity index (χ0) is 14.4. The lowest BCUT2D eigenvalue weighted by atomic mass is 10.1. The average Bonchev–Trinajstić information content (AvgIpc) is 2.34. The van der Waals surface area contributed by atoms with Crippen molar-refractivity contribution in [3.05, 3.63) is 29.3 Å². The number of carbonyl (C=O) groups excluding carboxylic acids is 1. The predicted octanol–water partition coefficient (Wildman–Crippen LogP) is 0.507. The van der Waals surface area contributed by atoms with Crippen molar-refractivity contribution >= 4 is 5.91 Å². The Morgan fingerprint density at radius 3 is 2.74 bits per heavy atom. The van der Waals surface area contributed by atoms with Gasteiger partial charge in [0.05, 0.1) is 6.04 Å². The molecule has 0 aliphatic heterocycles. The largest absolute Gasteiger partial charge is 0.491 e. The summed E-state index contributed by atoms with van der Waals surface area (Å²) < 4.78 is 5.54. The first-order chi connectivity index (χ1) is 8.90. The van der Waals surface area contributed by atoms with Gasteiger partial charge in [0.2, 0.25) is 5.91 Å². The monoisotopic (exact) mass is 266 g/mol. The molecule has 0 fully saturated rings. The summed E-state index contributed by atoms with van der Waals surface area (Å²) in [5.41, 5.74) is 7.31. The molecule has 0 heterocycles. The van der Waals surface area contributed by atoms with Gasteiger partial charge in [0.25, 0.3) is 0 Å². The van der Waals surface area contributed by atoms with Crippen molar-refractivity contribution in [1.82, 2.24) is 5.32 Å². The highest BCUT2D eigenvalue weighted by Gasteiger charge is 2.11. The lowest BCUT2D eigenvalue weighted by molar-refractivity contribution is -0.119. The smallest absolute Gasteiger partial charge is 0.234 e. The first-order valence-corrected chi connectivity index (χ1v) is 6.31. The first-order valence-electron chi connectivity index (χ1n) is 6.31. The van der Waals surface area contributed by atoms with Crippen molar-refractivity contribution < 1.29 is 14.6 Å². The van der Waals surface area contributed by atoms with Crippen LogP contribution in [0.1, 0.15) is 18.1 Å². The molecule has 0 saturated carbocycles. The third-order valence-corrected chi connectivity index (χ3v) is 2.85. The third-order valence-electron chi connectivity index (χ3n) is 2.85. The molecule has 0 spiro atoms. The van der Waals surface area contributed by atoms with E-state index in [0.29, 0.717) is 0 Å². The Hall–Kier alpha value is -1.59. The number of hydrogen-bond donors (Lipinski definition) is 3. The number of primary amides is 1. The highest BCUT2D eigenvalue weighted by atomic mass is 16.5. The number of hydrogen-bond acceptors (Lipinski definition) is 4. The van der Waals surface area contributed by atoms with E-state index in [1.165, 1.54) is 5.56 Å². The molecule has 0 saturated heterocycles. The maximum absolute atomic E-state index is 10.8. The van der Waals surface area contributed by atoms with Gasteiger partial charge < -0.3 is 20.9 Å². The minimum atomic E-state index is -0.692. The van der Waals surface area contributed by atoms with Gasteiger partial charge in [-0.3, -0.25) is 4.79 Å². The van der Waals surface area contributed by atoms with Crippen LogP contribution >= 0.6 is 0 Å². The number of amides is 1. The average molecular weight is 266 g/mol. The molecule has 19 heavy (non-hydrogen) atoms. The van der Waals surface area contributed by atoms with Crippen LogP contribution in [0, 0.1) is 13.8 Å². The topological polar surface area (TPSA) is 84.6 Å². The molecule has 0 aromatic heterocycles. The molecule has 5 nitrogen and oxygen atoms in total. The molecular formula is C14H22N2O3. The summed E-state index contributed by atoms with van der Waals surface area (Å²) in [6, 6.07) is 5.41. The Morgan fingerprint density at radius 2 is 2.16 bits per heavy atom. The lowest BCUT2D eigenvalue weighted by Crippen LogP contribution is -2.43. The summed E-state index contributed by atoms with van der Waals surface area (Å²) in [7, 11) is 0. The van der Waals surface area contributed by atoms with Crippen molar-refractivity contribution in [2.45, 2.75) is 32.9 Å². The van der Waals surface area contributed by atoms with E-state index in [9.17, 15) is 9.90 Å². The van der Waals surface area contributed by atoms with Crippen molar-refractivity contribution in [3.63, 3.8) is 0 Å². The van der Waals surface area contributed by atoms with Crippen LogP contribution in [0.2, 0.25) is 0 Å². The van der Waals surface area contributed by atoms with Crippen molar-refractivity contribution in [1.29, 1.82) is 0 Å². The van der Waals surface area contributed by atoms with Gasteiger partial charge in [0.15, 0.2) is 0 Å². The van der Waals surface area contributed by atoms with Crippen LogP contribution in [-0.4, -0.2) is 36.3 Å². The van der Waals surface area contributed by atoms with E-state index in [2.05, 4.69) is 5.32 Å². The highest BCUT2D eigenvalue weighted by molar-refractivity contribution is 5.79.